The normalized spacial score (nSPS) is 23.9. The van der Waals surface area contributed by atoms with Crippen LogP contribution >= 0.6 is 0 Å². The molecule has 2 aromatic heterocycles. The Labute approximate surface area is 229 Å². The van der Waals surface area contributed by atoms with E-state index in [4.69, 9.17) is 9.72 Å². The minimum atomic E-state index is -1.01. The Balaban J connectivity index is 1.25. The number of aromatic nitrogens is 3. The number of halogens is 3. The maximum atomic E-state index is 16.4. The van der Waals surface area contributed by atoms with Crippen molar-refractivity contribution in [3.63, 3.8) is 0 Å². The number of aromatic amines is 1. The second-order valence-electron chi connectivity index (χ2n) is 11.9. The maximum absolute atomic E-state index is 16.4. The van der Waals surface area contributed by atoms with Gasteiger partial charge in [-0.3, -0.25) is 4.90 Å². The highest BCUT2D eigenvalue weighted by Crippen LogP contribution is 2.41. The van der Waals surface area contributed by atoms with Gasteiger partial charge >= 0.3 is 6.01 Å². The van der Waals surface area contributed by atoms with Gasteiger partial charge in [0.25, 0.3) is 0 Å². The van der Waals surface area contributed by atoms with E-state index in [1.807, 2.05) is 0 Å². The summed E-state index contributed by atoms with van der Waals surface area (Å²) in [5.74, 6) is -1.92. The molecule has 4 fully saturated rings. The van der Waals surface area contributed by atoms with Crippen LogP contribution in [0.1, 0.15) is 38.5 Å². The van der Waals surface area contributed by atoms with Crippen LogP contribution in [-0.4, -0.2) is 70.3 Å². The van der Waals surface area contributed by atoms with Gasteiger partial charge < -0.3 is 19.9 Å². The zero-order valence-electron chi connectivity index (χ0n) is 22.2. The molecule has 0 amide bonds. The first-order valence-corrected chi connectivity index (χ1v) is 14.3. The van der Waals surface area contributed by atoms with Crippen molar-refractivity contribution in [1.29, 1.82) is 0 Å². The van der Waals surface area contributed by atoms with Gasteiger partial charge in [-0.25, -0.2) is 13.2 Å². The van der Waals surface area contributed by atoms with Crippen LogP contribution in [0.4, 0.5) is 19.0 Å². The number of fused-ring (bicyclic) bond motifs is 5. The van der Waals surface area contributed by atoms with E-state index in [1.54, 1.807) is 12.1 Å². The van der Waals surface area contributed by atoms with E-state index in [-0.39, 0.29) is 33.6 Å². The van der Waals surface area contributed by atoms with Gasteiger partial charge in [0.05, 0.1) is 5.54 Å². The minimum absolute atomic E-state index is 0.00133. The van der Waals surface area contributed by atoms with E-state index in [0.717, 1.165) is 70.8 Å². The summed E-state index contributed by atoms with van der Waals surface area (Å²) in [4.78, 5) is 17.1. The van der Waals surface area contributed by atoms with Crippen LogP contribution in [0.25, 0.3) is 32.9 Å². The number of H-pyrrole nitrogens is 1. The van der Waals surface area contributed by atoms with Gasteiger partial charge in [0.2, 0.25) is 0 Å². The lowest BCUT2D eigenvalue weighted by Crippen LogP contribution is -2.51. The van der Waals surface area contributed by atoms with E-state index < -0.39 is 17.5 Å². The third-order valence-corrected chi connectivity index (χ3v) is 9.59. The fourth-order valence-corrected chi connectivity index (χ4v) is 7.64. The lowest BCUT2D eigenvalue weighted by Gasteiger charge is -2.34. The van der Waals surface area contributed by atoms with Gasteiger partial charge in [0, 0.05) is 58.8 Å². The third kappa shape index (κ3) is 3.72. The number of nitrogens with zero attached hydrogens (tertiary/aromatic N) is 4. The van der Waals surface area contributed by atoms with Gasteiger partial charge in [0.15, 0.2) is 17.5 Å². The second kappa shape index (κ2) is 9.07. The minimum Gasteiger partial charge on any atom is -0.461 e. The maximum Gasteiger partial charge on any atom is 0.319 e. The fraction of sp³-hybridized carbons (Fsp3) is 0.467. The molecule has 0 saturated carbocycles. The number of ether oxygens (including phenoxy) is 1. The fourth-order valence-electron chi connectivity index (χ4n) is 7.64. The first-order chi connectivity index (χ1) is 19.5. The predicted octanol–water partition coefficient (Wildman–Crippen LogP) is 5.14. The number of rotatable bonds is 5. The van der Waals surface area contributed by atoms with Crippen LogP contribution in [0.15, 0.2) is 30.5 Å². The van der Waals surface area contributed by atoms with E-state index in [0.29, 0.717) is 35.4 Å². The Morgan fingerprint density at radius 3 is 2.48 bits per heavy atom. The molecule has 0 radical (unpaired) electrons. The molecule has 10 heteroatoms. The molecule has 0 spiro atoms. The van der Waals surface area contributed by atoms with Gasteiger partial charge in [-0.05, 0) is 69.8 Å². The Kier molecular flexibility index (Phi) is 5.54. The molecule has 2 atom stereocenters. The van der Waals surface area contributed by atoms with Gasteiger partial charge in [0.1, 0.15) is 17.9 Å². The molecule has 4 saturated heterocycles. The summed E-state index contributed by atoms with van der Waals surface area (Å²) >= 11 is 0. The molecule has 4 aliphatic heterocycles. The van der Waals surface area contributed by atoms with Crippen molar-refractivity contribution >= 4 is 27.6 Å². The number of anilines is 1. The van der Waals surface area contributed by atoms with Crippen molar-refractivity contribution in [2.75, 3.05) is 37.7 Å². The van der Waals surface area contributed by atoms with E-state index >= 15 is 4.39 Å². The van der Waals surface area contributed by atoms with Crippen LogP contribution in [0.5, 0.6) is 6.01 Å². The summed E-state index contributed by atoms with van der Waals surface area (Å²) in [5.41, 5.74) is 0.922. The quantitative estimate of drug-likeness (QED) is 0.360. The number of piperazine rings is 1. The van der Waals surface area contributed by atoms with Crippen LogP contribution in [-0.2, 0) is 0 Å². The molecular formula is C30H31F3N6O. The van der Waals surface area contributed by atoms with E-state index in [2.05, 4.69) is 25.1 Å². The van der Waals surface area contributed by atoms with Crippen molar-refractivity contribution < 1.29 is 17.9 Å². The summed E-state index contributed by atoms with van der Waals surface area (Å²) in [6.07, 6.45) is 8.18. The summed E-state index contributed by atoms with van der Waals surface area (Å²) in [6.45, 7) is 4.18. The van der Waals surface area contributed by atoms with Crippen LogP contribution < -0.4 is 15.0 Å². The zero-order chi connectivity index (χ0) is 27.0. The summed E-state index contributed by atoms with van der Waals surface area (Å²) in [7, 11) is 0. The van der Waals surface area contributed by atoms with Crippen LogP contribution in [0, 0.1) is 17.5 Å². The van der Waals surface area contributed by atoms with Crippen molar-refractivity contribution in [1.82, 2.24) is 25.2 Å². The Hall–Kier alpha value is -3.37. The highest BCUT2D eigenvalue weighted by molar-refractivity contribution is 6.00. The SMILES string of the molecule is Fc1ccc2[nH]cc(-c3ccc4c(N5CC6CCC(C5)N6)nc(OCC56CCCN5CCC6)nc4c3F)c2c1F. The Morgan fingerprint density at radius 1 is 0.925 bits per heavy atom. The molecular weight excluding hydrogens is 517 g/mol. The number of nitrogens with one attached hydrogen (secondary N) is 2. The number of benzene rings is 2. The molecule has 7 nitrogen and oxygen atoms in total. The standard InChI is InChI=1S/C30H31F3N6O/c31-22-7-8-23-24(26(22)33)21(13-34-23)19-5-6-20-27(25(19)32)36-29(40-16-30-9-1-11-39(30)12-2-10-30)37-28(20)38-14-17-3-4-18(15-38)35-17/h5-8,13,17-18,34-35H,1-4,9-12,14-16H2. The van der Waals surface area contributed by atoms with Crippen molar-refractivity contribution in [2.45, 2.75) is 56.1 Å². The lowest BCUT2D eigenvalue weighted by molar-refractivity contribution is 0.108. The van der Waals surface area contributed by atoms with Crippen LogP contribution in [0.2, 0.25) is 0 Å². The molecule has 6 heterocycles. The first kappa shape index (κ1) is 24.4. The molecule has 0 aliphatic carbocycles. The summed E-state index contributed by atoms with van der Waals surface area (Å²) in [6, 6.07) is 6.82. The average Bonchev–Trinajstić information content (AvgIpc) is 3.73. The highest BCUT2D eigenvalue weighted by Gasteiger charge is 2.45. The molecule has 4 aliphatic rings. The highest BCUT2D eigenvalue weighted by atomic mass is 19.2. The molecule has 8 rings (SSSR count). The molecule has 40 heavy (non-hydrogen) atoms. The third-order valence-electron chi connectivity index (χ3n) is 9.59. The summed E-state index contributed by atoms with van der Waals surface area (Å²) in [5, 5.41) is 4.24. The van der Waals surface area contributed by atoms with Crippen molar-refractivity contribution in [3.8, 4) is 17.1 Å². The smallest absolute Gasteiger partial charge is 0.319 e. The molecule has 2 aromatic carbocycles. The zero-order valence-corrected chi connectivity index (χ0v) is 22.2. The van der Waals surface area contributed by atoms with Gasteiger partial charge in [-0.1, -0.05) is 6.07 Å². The van der Waals surface area contributed by atoms with Gasteiger partial charge in [-0.15, -0.1) is 0 Å². The molecule has 2 bridgehead atoms. The number of hydrogen-bond acceptors (Lipinski definition) is 6. The Bertz CT molecular complexity index is 1620. The predicted molar refractivity (Wildman–Crippen MR) is 147 cm³/mol. The van der Waals surface area contributed by atoms with E-state index in [9.17, 15) is 8.78 Å². The lowest BCUT2D eigenvalue weighted by atomic mass is 9.95. The van der Waals surface area contributed by atoms with Crippen molar-refractivity contribution in [2.24, 2.45) is 0 Å². The monoisotopic (exact) mass is 548 g/mol. The second-order valence-corrected chi connectivity index (χ2v) is 11.9. The Morgan fingerprint density at radius 2 is 1.70 bits per heavy atom. The van der Waals surface area contributed by atoms with E-state index in [1.165, 1.54) is 12.3 Å². The van der Waals surface area contributed by atoms with Crippen LogP contribution in [0.3, 0.4) is 0 Å². The largest absolute Gasteiger partial charge is 0.461 e. The topological polar surface area (TPSA) is 69.3 Å². The van der Waals surface area contributed by atoms with Gasteiger partial charge in [-0.2, -0.15) is 9.97 Å². The summed E-state index contributed by atoms with van der Waals surface area (Å²) < 4.78 is 51.7. The number of hydrogen-bond donors (Lipinski definition) is 2. The molecule has 208 valence electrons. The average molecular weight is 549 g/mol. The molecule has 2 N–H and O–H groups in total. The first-order valence-electron chi connectivity index (χ1n) is 14.3. The molecule has 2 unspecified atom stereocenters. The van der Waals surface area contributed by atoms with Crippen molar-refractivity contribution in [3.05, 3.63) is 47.9 Å². The molecule has 4 aromatic rings.